The average Bonchev–Trinajstić information content (AvgIpc) is 0.805. The van der Waals surface area contributed by atoms with Gasteiger partial charge in [-0.1, -0.05) is 117 Å². The van der Waals surface area contributed by atoms with E-state index in [1.165, 1.54) is 34.6 Å². The summed E-state index contributed by atoms with van der Waals surface area (Å²) in [4.78, 5) is 195. The fourth-order valence-electron chi connectivity index (χ4n) is 10.5. The van der Waals surface area contributed by atoms with Gasteiger partial charge in [0.05, 0.1) is 43.3 Å². The molecule has 0 aromatic heterocycles. The molecule has 0 aliphatic rings. The molecule has 0 aliphatic heterocycles. The maximum Gasteiger partial charge on any atom is 0.318 e. The van der Waals surface area contributed by atoms with Crippen molar-refractivity contribution in [2.24, 2.45) is 70.4 Å². The van der Waals surface area contributed by atoms with Crippen molar-refractivity contribution in [3.05, 3.63) is 12.2 Å². The zero-order valence-electron chi connectivity index (χ0n) is 77.0. The molecule has 670 valence electrons. The van der Waals surface area contributed by atoms with Crippen molar-refractivity contribution in [1.29, 1.82) is 0 Å². The summed E-state index contributed by atoms with van der Waals surface area (Å²) in [5, 5.41) is 2.53. The molecule has 27 heteroatoms. The first-order valence-electron chi connectivity index (χ1n) is 42.0. The lowest BCUT2D eigenvalue weighted by Gasteiger charge is -2.37. The van der Waals surface area contributed by atoms with Gasteiger partial charge in [-0.2, -0.15) is 0 Å². The summed E-state index contributed by atoms with van der Waals surface area (Å²) in [7, 11) is 0. The van der Waals surface area contributed by atoms with E-state index in [2.05, 4.69) is 11.9 Å². The molecule has 0 fully saturated rings. The van der Waals surface area contributed by atoms with Crippen molar-refractivity contribution >= 4 is 83.3 Å². The Kier molecular flexibility index (Phi) is 46.3. The van der Waals surface area contributed by atoms with Crippen LogP contribution in [0.2, 0.25) is 0 Å². The number of allylic oxidation sites excluding steroid dienone is 1. The number of ketones is 1. The van der Waals surface area contributed by atoms with Crippen LogP contribution in [0.5, 0.6) is 0 Å². The molecule has 1 amide bonds. The summed E-state index contributed by atoms with van der Waals surface area (Å²) in [6.07, 6.45) is 5.82. The van der Waals surface area contributed by atoms with Crippen molar-refractivity contribution < 1.29 is 124 Å². The van der Waals surface area contributed by atoms with Crippen LogP contribution in [-0.2, 0) is 124 Å². The fraction of sp³-hybridized carbons (Fsp3) is 0.820. The van der Waals surface area contributed by atoms with Crippen LogP contribution >= 0.6 is 0 Å². The zero-order valence-corrected chi connectivity index (χ0v) is 77.0. The first-order chi connectivity index (χ1) is 53.5. The molecule has 0 aliphatic carbocycles. The van der Waals surface area contributed by atoms with Gasteiger partial charge in [0.15, 0.2) is 5.78 Å². The first-order valence-corrected chi connectivity index (χ1v) is 42.0. The normalized spacial score (nSPS) is 12.7. The maximum atomic E-state index is 15.5. The number of Topliss-reactive ketones (excluding diaryl/α,β-unsaturated/α-hetero) is 1. The van der Waals surface area contributed by atoms with Crippen LogP contribution in [0.3, 0.4) is 0 Å². The Morgan fingerprint density at radius 2 is 0.336 bits per heavy atom. The summed E-state index contributed by atoms with van der Waals surface area (Å²) in [6, 6.07) is 0. The third-order valence-corrected chi connectivity index (χ3v) is 25.8. The average molecular weight is 1650 g/mol. The molecule has 0 bridgehead atoms. The second-order valence-electron chi connectivity index (χ2n) is 35.2. The van der Waals surface area contributed by atoms with E-state index < -0.39 is 221 Å². The third kappa shape index (κ3) is 31.3. The van der Waals surface area contributed by atoms with E-state index in [-0.39, 0.29) is 11.7 Å². The second-order valence-corrected chi connectivity index (χ2v) is 35.2. The molecular weight excluding hydrogens is 1500 g/mol. The molecule has 0 rings (SSSR count). The van der Waals surface area contributed by atoms with Crippen molar-refractivity contribution in [2.75, 3.05) is 85.8 Å². The topological polar surface area (TPSA) is 362 Å². The number of rotatable bonds is 56. The molecule has 0 atom stereocenters. The Balaban J connectivity index is 0. The number of nitrogens with one attached hydrogen (secondary N) is 1. The number of ether oxygens (including phenoxy) is 12. The van der Waals surface area contributed by atoms with Crippen molar-refractivity contribution in [2.45, 2.75) is 317 Å². The minimum Gasteiger partial charge on any atom is -0.464 e. The second kappa shape index (κ2) is 48.5. The molecule has 0 saturated carbocycles. The summed E-state index contributed by atoms with van der Waals surface area (Å²) in [5.74, 6) is -10.4. The third-order valence-electron chi connectivity index (χ3n) is 25.8. The lowest BCUT2D eigenvalue weighted by Crippen LogP contribution is -2.51. The van der Waals surface area contributed by atoms with Crippen LogP contribution in [0.15, 0.2) is 12.2 Å². The van der Waals surface area contributed by atoms with Gasteiger partial charge in [-0.05, 0) is 198 Å². The van der Waals surface area contributed by atoms with Gasteiger partial charge >= 0.3 is 71.6 Å². The number of carbonyl (C=O) groups excluding carboxylic acids is 14. The molecule has 0 aromatic rings. The van der Waals surface area contributed by atoms with E-state index in [0.29, 0.717) is 121 Å². The van der Waals surface area contributed by atoms with Gasteiger partial charge in [-0.25, -0.2) is 0 Å². The number of hydrogen-bond donors (Lipinski definition) is 1. The standard InChI is InChI=1S/C81H140O24.C8H13NO2/c1-29-69(17,30-2)57(82)94-45-77(25,46-95-58(83)70(18,31-3)32-4)65(90)102-53-81(54-103-66(91)78(26,47-96-59(84)71(19,33-5)34-6)48-97-60(85)72(20,35-7)36-8,55-104-67(92)79(27,49-98-61(86)73(21,37-9)38-10)50-99-62(87)74(22,39-11)40-12)56-105-68(93)80(28,51-100-63(88)75(23,41-13)42-14)52-101-64(89)76(24,43-15)44-16;1-6(2)8(11)4-5-9-7(3)10/h29-56H2,1-28H3;1,4-5H2,2-3H3,(H,9,10). The summed E-state index contributed by atoms with van der Waals surface area (Å²) in [6.45, 7) is 44.4. The summed E-state index contributed by atoms with van der Waals surface area (Å²) < 4.78 is 72.6. The highest BCUT2D eigenvalue weighted by Gasteiger charge is 2.52. The number of amides is 1. The molecule has 0 heterocycles. The van der Waals surface area contributed by atoms with E-state index in [0.717, 1.165) is 0 Å². The van der Waals surface area contributed by atoms with Crippen LogP contribution in [0.25, 0.3) is 0 Å². The zero-order chi connectivity index (χ0) is 90.6. The predicted octanol–water partition coefficient (Wildman–Crippen LogP) is 15.8. The van der Waals surface area contributed by atoms with Gasteiger partial charge in [0.25, 0.3) is 0 Å². The van der Waals surface area contributed by atoms with Crippen molar-refractivity contribution in [3.8, 4) is 0 Å². The predicted molar refractivity (Wildman–Crippen MR) is 439 cm³/mol. The number of esters is 12. The number of carbonyl (C=O) groups is 14. The van der Waals surface area contributed by atoms with Crippen molar-refractivity contribution in [1.82, 2.24) is 5.32 Å². The fourth-order valence-corrected chi connectivity index (χ4v) is 10.5. The van der Waals surface area contributed by atoms with Gasteiger partial charge in [0, 0.05) is 19.9 Å². The summed E-state index contributed by atoms with van der Waals surface area (Å²) in [5.41, 5.74) is -18.2. The van der Waals surface area contributed by atoms with E-state index in [1.807, 2.05) is 0 Å². The Labute approximate surface area is 694 Å². The molecule has 27 nitrogen and oxygen atoms in total. The molecule has 0 unspecified atom stereocenters. The Hall–Kier alpha value is -7.48. The lowest BCUT2D eigenvalue weighted by molar-refractivity contribution is -0.191. The minimum absolute atomic E-state index is 0.00116. The maximum absolute atomic E-state index is 15.5. The Bertz CT molecular complexity index is 2720. The molecular formula is C89H153NO26. The molecule has 116 heavy (non-hydrogen) atoms. The lowest BCUT2D eigenvalue weighted by atomic mass is 9.84. The van der Waals surface area contributed by atoms with Crippen LogP contribution in [0.1, 0.15) is 317 Å². The van der Waals surface area contributed by atoms with Crippen LogP contribution < -0.4 is 5.32 Å². The first kappa shape index (κ1) is 111. The highest BCUT2D eigenvalue weighted by Crippen LogP contribution is 2.39. The van der Waals surface area contributed by atoms with Crippen LogP contribution in [0.4, 0.5) is 0 Å². The molecule has 0 saturated heterocycles. The SMILES string of the molecule is C=C(C)C(=O)CCNC(C)=O.CCC(C)(CC)C(=O)OCC(C)(COC(=O)C(C)(CC)CC)C(=O)OCC(COC(=O)C(C)(COC(=O)C(C)(CC)CC)COC(=O)C(C)(CC)CC)(COC(=O)C(C)(COC(=O)C(C)(CC)CC)COC(=O)C(C)(CC)CC)COC(=O)C(C)(COC(=O)C(C)(CC)CC)COC(=O)C(C)(CC)CC. The minimum atomic E-state index is -2.35. The monoisotopic (exact) mass is 1650 g/mol. The van der Waals surface area contributed by atoms with Gasteiger partial charge in [-0.3, -0.25) is 67.1 Å². The van der Waals surface area contributed by atoms with Gasteiger partial charge in [0.1, 0.15) is 106 Å². The van der Waals surface area contributed by atoms with Gasteiger partial charge in [0.2, 0.25) is 5.91 Å². The van der Waals surface area contributed by atoms with Gasteiger partial charge < -0.3 is 62.2 Å². The number of hydrogen-bond acceptors (Lipinski definition) is 26. The Morgan fingerprint density at radius 1 is 0.216 bits per heavy atom. The van der Waals surface area contributed by atoms with E-state index in [4.69, 9.17) is 56.8 Å². The summed E-state index contributed by atoms with van der Waals surface area (Å²) >= 11 is 0. The highest BCUT2D eigenvalue weighted by molar-refractivity contribution is 5.94. The van der Waals surface area contributed by atoms with E-state index in [9.17, 15) is 47.9 Å². The molecule has 1 N–H and O–H groups in total. The van der Waals surface area contributed by atoms with Gasteiger partial charge in [-0.15, -0.1) is 0 Å². The highest BCUT2D eigenvalue weighted by atomic mass is 16.6. The van der Waals surface area contributed by atoms with Crippen LogP contribution in [0, 0.1) is 70.4 Å². The molecule has 0 aromatic carbocycles. The smallest absolute Gasteiger partial charge is 0.318 e. The molecule has 0 spiro atoms. The van der Waals surface area contributed by atoms with E-state index in [1.54, 1.807) is 173 Å². The largest absolute Gasteiger partial charge is 0.464 e. The van der Waals surface area contributed by atoms with E-state index >= 15 is 19.2 Å². The van der Waals surface area contributed by atoms with Crippen molar-refractivity contribution in [3.63, 3.8) is 0 Å². The van der Waals surface area contributed by atoms with Crippen LogP contribution in [-0.4, -0.2) is 169 Å². The molecule has 0 radical (unpaired) electrons. The quantitative estimate of drug-likeness (QED) is 0.0336. The Morgan fingerprint density at radius 3 is 0.448 bits per heavy atom.